The molecule has 2 heterocycles. The quantitative estimate of drug-likeness (QED) is 0.776. The first-order valence-corrected chi connectivity index (χ1v) is 7.37. The van der Waals surface area contributed by atoms with Gasteiger partial charge in [0, 0.05) is 29.0 Å². The number of carbonyl (C=O) groups is 1. The minimum atomic E-state index is -3.00. The summed E-state index contributed by atoms with van der Waals surface area (Å²) in [5.74, 6) is -2.24. The van der Waals surface area contributed by atoms with E-state index >= 15 is 0 Å². The zero-order chi connectivity index (χ0) is 23.7. The van der Waals surface area contributed by atoms with E-state index < -0.39 is 37.6 Å². The molecule has 3 aromatic rings. The first-order chi connectivity index (χ1) is 14.7. The van der Waals surface area contributed by atoms with E-state index in [-0.39, 0.29) is 11.1 Å². The number of hydrogen-bond donors (Lipinski definition) is 2. The summed E-state index contributed by atoms with van der Waals surface area (Å²) >= 11 is 0. The number of nitrogens with zero attached hydrogens (tertiary/aromatic N) is 2. The van der Waals surface area contributed by atoms with E-state index in [1.54, 1.807) is 36.5 Å². The molecule has 0 unspecified atom stereocenters. The van der Waals surface area contributed by atoms with Crippen LogP contribution in [0.4, 0.5) is 0 Å². The number of nitrogens with one attached hydrogen (secondary N) is 1. The SMILES string of the molecule is [2H]C1([2H])NC([2H])([2H])C([2H])([2H])C([2H])([2H])[C@@H]1c1ccc(-n2cc3cccc(C(N)=O)c3n2)cc1. The predicted molar refractivity (Wildman–Crippen MR) is 94.4 cm³/mol. The van der Waals surface area contributed by atoms with Gasteiger partial charge in [0.1, 0.15) is 5.52 Å². The van der Waals surface area contributed by atoms with Crippen molar-refractivity contribution in [2.24, 2.45) is 5.73 Å². The molecule has 5 nitrogen and oxygen atoms in total. The molecule has 1 fully saturated rings. The van der Waals surface area contributed by atoms with E-state index in [0.29, 0.717) is 16.6 Å². The molecule has 0 radical (unpaired) electrons. The minimum absolute atomic E-state index is 0.158. The molecule has 24 heavy (non-hydrogen) atoms. The number of carbonyl (C=O) groups excluding carboxylic acids is 1. The van der Waals surface area contributed by atoms with Crippen LogP contribution >= 0.6 is 0 Å². The van der Waals surface area contributed by atoms with Crippen molar-refractivity contribution >= 4 is 16.8 Å². The molecule has 1 aliphatic heterocycles. The van der Waals surface area contributed by atoms with Gasteiger partial charge in [-0.05, 0) is 48.9 Å². The number of hydrogen-bond acceptors (Lipinski definition) is 3. The number of fused-ring (bicyclic) bond motifs is 1. The lowest BCUT2D eigenvalue weighted by Crippen LogP contribution is -2.28. The Labute approximate surface area is 151 Å². The Bertz CT molecular complexity index is 1210. The Morgan fingerprint density at radius 1 is 1.29 bits per heavy atom. The first-order valence-electron chi connectivity index (χ1n) is 11.4. The van der Waals surface area contributed by atoms with Gasteiger partial charge in [-0.1, -0.05) is 24.3 Å². The fourth-order valence-electron chi connectivity index (χ4n) is 2.65. The van der Waals surface area contributed by atoms with Crippen LogP contribution in [0.25, 0.3) is 16.6 Å². The van der Waals surface area contributed by atoms with Crippen LogP contribution in [0.2, 0.25) is 0 Å². The lowest BCUT2D eigenvalue weighted by Gasteiger charge is -2.23. The van der Waals surface area contributed by atoms with Gasteiger partial charge in [-0.25, -0.2) is 4.68 Å². The van der Waals surface area contributed by atoms with E-state index in [4.69, 9.17) is 16.7 Å². The average Bonchev–Trinajstić information content (AvgIpc) is 3.10. The van der Waals surface area contributed by atoms with Crippen LogP contribution in [-0.2, 0) is 0 Å². The molecular weight excluding hydrogens is 300 g/mol. The smallest absolute Gasteiger partial charge is 0.250 e. The van der Waals surface area contributed by atoms with Gasteiger partial charge < -0.3 is 11.1 Å². The highest BCUT2D eigenvalue weighted by molar-refractivity contribution is 6.04. The summed E-state index contributed by atoms with van der Waals surface area (Å²) < 4.78 is 66.1. The fourth-order valence-corrected chi connectivity index (χ4v) is 2.65. The van der Waals surface area contributed by atoms with Crippen LogP contribution in [0.5, 0.6) is 0 Å². The summed E-state index contributed by atoms with van der Waals surface area (Å²) in [4.78, 5) is 11.6. The Kier molecular flexibility index (Phi) is 2.14. The maximum atomic E-state index is 11.6. The molecule has 1 amide bonds. The lowest BCUT2D eigenvalue weighted by atomic mass is 9.92. The van der Waals surface area contributed by atoms with Gasteiger partial charge in [-0.15, -0.1) is 0 Å². The van der Waals surface area contributed by atoms with Gasteiger partial charge in [-0.3, -0.25) is 4.79 Å². The zero-order valence-electron chi connectivity index (χ0n) is 20.6. The Balaban J connectivity index is 1.75. The lowest BCUT2D eigenvalue weighted by molar-refractivity contribution is 0.100. The molecule has 0 aliphatic carbocycles. The topological polar surface area (TPSA) is 72.9 Å². The molecule has 0 saturated carbocycles. The van der Waals surface area contributed by atoms with E-state index in [2.05, 4.69) is 5.10 Å². The highest BCUT2D eigenvalue weighted by Gasteiger charge is 2.15. The molecule has 5 heteroatoms. The fraction of sp³-hybridized carbons (Fsp3) is 0.263. The number of primary amides is 1. The minimum Gasteiger partial charge on any atom is -0.366 e. The van der Waals surface area contributed by atoms with Crippen molar-refractivity contribution in [3.05, 3.63) is 59.8 Å². The van der Waals surface area contributed by atoms with Crippen LogP contribution in [-0.4, -0.2) is 28.7 Å². The molecule has 1 aliphatic rings. The van der Waals surface area contributed by atoms with Crippen LogP contribution in [0.15, 0.2) is 48.7 Å². The molecule has 0 bridgehead atoms. The summed E-state index contributed by atoms with van der Waals surface area (Å²) in [6.45, 7) is -5.47. The normalized spacial score (nSPS) is 31.2. The number of piperidine rings is 1. The predicted octanol–water partition coefficient (Wildman–Crippen LogP) is 2.59. The van der Waals surface area contributed by atoms with Crippen LogP contribution < -0.4 is 11.1 Å². The van der Waals surface area contributed by atoms with E-state index in [1.807, 2.05) is 5.32 Å². The second-order valence-corrected chi connectivity index (χ2v) is 5.37. The zero-order valence-corrected chi connectivity index (χ0v) is 12.6. The second-order valence-electron chi connectivity index (χ2n) is 5.37. The van der Waals surface area contributed by atoms with Gasteiger partial charge >= 0.3 is 0 Å². The third-order valence-corrected chi connectivity index (χ3v) is 3.85. The highest BCUT2D eigenvalue weighted by Crippen LogP contribution is 2.25. The van der Waals surface area contributed by atoms with Crippen molar-refractivity contribution in [2.45, 2.75) is 18.7 Å². The summed E-state index contributed by atoms with van der Waals surface area (Å²) in [6, 6.07) is 11.1. The van der Waals surface area contributed by atoms with E-state index in [1.165, 1.54) is 16.8 Å². The molecule has 122 valence electrons. The van der Waals surface area contributed by atoms with Crippen molar-refractivity contribution in [1.82, 2.24) is 15.1 Å². The molecule has 1 atom stereocenters. The summed E-state index contributed by atoms with van der Waals surface area (Å²) in [6.07, 6.45) is -4.17. The Morgan fingerprint density at radius 3 is 2.92 bits per heavy atom. The monoisotopic (exact) mass is 328 g/mol. The molecule has 0 spiro atoms. The standard InChI is InChI=1S/C19H20N4O/c20-19(24)17-5-1-3-15-12-23(22-18(15)17)16-8-6-13(7-9-16)14-4-2-10-21-11-14/h1,3,5-9,12,14,21H,2,4,10-11H2,(H2,20,24)/t14-/m0/s1/i2D2,4D2,10D2,11D2. The van der Waals surface area contributed by atoms with Crippen LogP contribution in [0.1, 0.15) is 45.6 Å². The Morgan fingerprint density at radius 2 is 2.12 bits per heavy atom. The van der Waals surface area contributed by atoms with Gasteiger partial charge in [0.05, 0.1) is 11.3 Å². The largest absolute Gasteiger partial charge is 0.366 e. The molecule has 3 N–H and O–H groups in total. The van der Waals surface area contributed by atoms with Crippen LogP contribution in [0.3, 0.4) is 0 Å². The number of aromatic nitrogens is 2. The highest BCUT2D eigenvalue weighted by atomic mass is 16.1. The molecule has 4 rings (SSSR count). The van der Waals surface area contributed by atoms with Gasteiger partial charge in [0.25, 0.3) is 5.91 Å². The first kappa shape index (κ1) is 8.44. The molecule has 1 saturated heterocycles. The third-order valence-electron chi connectivity index (χ3n) is 3.85. The summed E-state index contributed by atoms with van der Waals surface area (Å²) in [7, 11) is 0. The maximum absolute atomic E-state index is 11.6. The third kappa shape index (κ3) is 2.67. The average molecular weight is 328 g/mol. The summed E-state index contributed by atoms with van der Waals surface area (Å²) in [5.41, 5.74) is 6.79. The van der Waals surface area contributed by atoms with Crippen molar-refractivity contribution in [1.29, 1.82) is 0 Å². The van der Waals surface area contributed by atoms with Crippen molar-refractivity contribution < 1.29 is 15.8 Å². The molecular formula is C19H20N4O. The van der Waals surface area contributed by atoms with E-state index in [0.717, 1.165) is 0 Å². The van der Waals surface area contributed by atoms with Gasteiger partial charge in [0.15, 0.2) is 0 Å². The Hall–Kier alpha value is -2.66. The number of benzene rings is 2. The van der Waals surface area contributed by atoms with Gasteiger partial charge in [-0.2, -0.15) is 5.10 Å². The maximum Gasteiger partial charge on any atom is 0.250 e. The number of rotatable bonds is 3. The number of amides is 1. The van der Waals surface area contributed by atoms with Crippen molar-refractivity contribution in [2.75, 3.05) is 13.0 Å². The van der Waals surface area contributed by atoms with Gasteiger partial charge in [0.2, 0.25) is 0 Å². The molecule has 1 aromatic heterocycles. The van der Waals surface area contributed by atoms with Crippen molar-refractivity contribution in [3.63, 3.8) is 0 Å². The van der Waals surface area contributed by atoms with Crippen molar-refractivity contribution in [3.8, 4) is 5.69 Å². The van der Waals surface area contributed by atoms with E-state index in [9.17, 15) is 4.79 Å². The summed E-state index contributed by atoms with van der Waals surface area (Å²) in [5, 5.41) is 7.07. The van der Waals surface area contributed by atoms with Crippen LogP contribution in [0, 0.1) is 0 Å². The molecule has 2 aromatic carbocycles. The second kappa shape index (κ2) is 6.09. The number of nitrogens with two attached hydrogens (primary N) is 1.